The lowest BCUT2D eigenvalue weighted by molar-refractivity contribution is -0.0607. The van der Waals surface area contributed by atoms with Gasteiger partial charge in [0, 0.05) is 0 Å². The van der Waals surface area contributed by atoms with Crippen molar-refractivity contribution >= 4 is 0 Å². The zero-order valence-electron chi connectivity index (χ0n) is 8.43. The molecule has 14 heavy (non-hydrogen) atoms. The summed E-state index contributed by atoms with van der Waals surface area (Å²) in [6, 6.07) is 0. The first-order chi connectivity index (χ1) is 6.56. The number of aliphatic hydroxyl groups is 2. The van der Waals surface area contributed by atoms with E-state index in [1.807, 2.05) is 6.92 Å². The van der Waals surface area contributed by atoms with E-state index < -0.39 is 12.5 Å². The highest BCUT2D eigenvalue weighted by molar-refractivity contribution is 4.55. The highest BCUT2D eigenvalue weighted by Crippen LogP contribution is 1.99. The Morgan fingerprint density at radius 3 is 2.07 bits per heavy atom. The van der Waals surface area contributed by atoms with Crippen molar-refractivity contribution in [2.24, 2.45) is 11.5 Å². The van der Waals surface area contributed by atoms with E-state index in [1.54, 1.807) is 0 Å². The van der Waals surface area contributed by atoms with E-state index in [-0.39, 0.29) is 19.3 Å². The van der Waals surface area contributed by atoms with Crippen LogP contribution in [0.25, 0.3) is 0 Å². The largest absolute Gasteiger partial charge is 0.376 e. The zero-order chi connectivity index (χ0) is 11.0. The van der Waals surface area contributed by atoms with E-state index in [0.717, 1.165) is 6.42 Å². The Hall–Kier alpha value is -0.240. The number of rotatable bonds is 8. The lowest BCUT2D eigenvalue weighted by atomic mass is 10.3. The molecule has 0 bridgehead atoms. The van der Waals surface area contributed by atoms with Gasteiger partial charge in [0.1, 0.15) is 12.5 Å². The molecule has 0 aromatic heterocycles. The molecule has 0 saturated carbocycles. The predicted molar refractivity (Wildman–Crippen MR) is 51.2 cm³/mol. The van der Waals surface area contributed by atoms with E-state index in [2.05, 4.69) is 0 Å². The second kappa shape index (κ2) is 8.10. The molecule has 0 fully saturated rings. The van der Waals surface area contributed by atoms with Gasteiger partial charge >= 0.3 is 0 Å². The van der Waals surface area contributed by atoms with Crippen LogP contribution in [0.2, 0.25) is 0 Å². The lowest BCUT2D eigenvalue weighted by Gasteiger charge is -2.17. The number of aliphatic hydroxyl groups excluding tert-OH is 2. The SMILES string of the molecule is CCC(COCC(N)O)OCC(N)O. The Morgan fingerprint density at radius 2 is 1.64 bits per heavy atom. The molecule has 0 aliphatic heterocycles. The normalized spacial score (nSPS) is 17.8. The zero-order valence-corrected chi connectivity index (χ0v) is 8.43. The molecular formula is C8H20N2O4. The van der Waals surface area contributed by atoms with E-state index in [0.29, 0.717) is 6.61 Å². The molecule has 6 nitrogen and oxygen atoms in total. The summed E-state index contributed by atoms with van der Waals surface area (Å²) >= 11 is 0. The lowest BCUT2D eigenvalue weighted by Crippen LogP contribution is -2.32. The van der Waals surface area contributed by atoms with Crippen molar-refractivity contribution in [3.05, 3.63) is 0 Å². The van der Waals surface area contributed by atoms with Gasteiger partial charge in [0.25, 0.3) is 0 Å². The highest BCUT2D eigenvalue weighted by Gasteiger charge is 2.09. The van der Waals surface area contributed by atoms with Gasteiger partial charge in [-0.1, -0.05) is 6.92 Å². The number of hydrogen-bond donors (Lipinski definition) is 4. The minimum absolute atomic E-state index is 0.0744. The van der Waals surface area contributed by atoms with Gasteiger partial charge in [-0.05, 0) is 6.42 Å². The van der Waals surface area contributed by atoms with Crippen LogP contribution < -0.4 is 11.5 Å². The fraction of sp³-hybridized carbons (Fsp3) is 1.00. The molecule has 0 saturated heterocycles. The maximum Gasteiger partial charge on any atom is 0.126 e. The van der Waals surface area contributed by atoms with Gasteiger partial charge in [-0.3, -0.25) is 0 Å². The van der Waals surface area contributed by atoms with Crippen LogP contribution in [0, 0.1) is 0 Å². The number of nitrogens with two attached hydrogens (primary N) is 2. The Bertz CT molecular complexity index is 133. The standard InChI is InChI=1S/C8H20N2O4/c1-2-6(14-5-8(10)12)3-13-4-7(9)11/h6-8,11-12H,2-5,9-10H2,1H3. The summed E-state index contributed by atoms with van der Waals surface area (Å²) in [5.41, 5.74) is 10.2. The molecule has 3 atom stereocenters. The van der Waals surface area contributed by atoms with Gasteiger partial charge in [0.15, 0.2) is 0 Å². The maximum atomic E-state index is 8.76. The summed E-state index contributed by atoms with van der Waals surface area (Å²) in [4.78, 5) is 0. The smallest absolute Gasteiger partial charge is 0.126 e. The quantitative estimate of drug-likeness (QED) is 0.356. The minimum Gasteiger partial charge on any atom is -0.376 e. The summed E-state index contributed by atoms with van der Waals surface area (Å²) in [7, 11) is 0. The summed E-state index contributed by atoms with van der Waals surface area (Å²) in [5, 5.41) is 17.5. The Morgan fingerprint density at radius 1 is 1.07 bits per heavy atom. The predicted octanol–water partition coefficient (Wildman–Crippen LogP) is -1.65. The first kappa shape index (κ1) is 13.8. The van der Waals surface area contributed by atoms with Crippen LogP contribution in [0.3, 0.4) is 0 Å². The van der Waals surface area contributed by atoms with E-state index in [9.17, 15) is 0 Å². The summed E-state index contributed by atoms with van der Waals surface area (Å²) in [6.45, 7) is 2.41. The summed E-state index contributed by atoms with van der Waals surface area (Å²) in [5.74, 6) is 0. The molecule has 0 heterocycles. The van der Waals surface area contributed by atoms with Crippen molar-refractivity contribution < 1.29 is 19.7 Å². The molecule has 86 valence electrons. The van der Waals surface area contributed by atoms with E-state index in [1.165, 1.54) is 0 Å². The van der Waals surface area contributed by atoms with Gasteiger partial charge in [-0.25, -0.2) is 0 Å². The third-order valence-electron chi connectivity index (χ3n) is 1.55. The second-order valence-corrected chi connectivity index (χ2v) is 3.04. The first-order valence-electron chi connectivity index (χ1n) is 4.62. The van der Waals surface area contributed by atoms with Gasteiger partial charge in [-0.15, -0.1) is 0 Å². The Labute approximate surface area is 83.8 Å². The van der Waals surface area contributed by atoms with Crippen molar-refractivity contribution in [3.8, 4) is 0 Å². The van der Waals surface area contributed by atoms with Crippen LogP contribution in [-0.4, -0.2) is 48.6 Å². The van der Waals surface area contributed by atoms with Crippen LogP contribution >= 0.6 is 0 Å². The molecule has 3 unspecified atom stereocenters. The van der Waals surface area contributed by atoms with Crippen LogP contribution in [0.4, 0.5) is 0 Å². The van der Waals surface area contributed by atoms with Crippen molar-refractivity contribution in [2.45, 2.75) is 31.9 Å². The Balaban J connectivity index is 3.48. The molecule has 0 amide bonds. The monoisotopic (exact) mass is 208 g/mol. The summed E-state index contributed by atoms with van der Waals surface area (Å²) < 4.78 is 10.3. The molecule has 0 aromatic carbocycles. The van der Waals surface area contributed by atoms with Gasteiger partial charge in [0.05, 0.1) is 25.9 Å². The van der Waals surface area contributed by atoms with Crippen molar-refractivity contribution in [3.63, 3.8) is 0 Å². The van der Waals surface area contributed by atoms with Crippen LogP contribution in [0.5, 0.6) is 0 Å². The molecule has 0 aliphatic rings. The molecule has 0 radical (unpaired) electrons. The molecule has 6 N–H and O–H groups in total. The average molecular weight is 208 g/mol. The van der Waals surface area contributed by atoms with E-state index in [4.69, 9.17) is 31.2 Å². The number of hydrogen-bond acceptors (Lipinski definition) is 6. The third kappa shape index (κ3) is 8.36. The Kier molecular flexibility index (Phi) is 7.96. The van der Waals surface area contributed by atoms with Crippen molar-refractivity contribution in [2.75, 3.05) is 19.8 Å². The fourth-order valence-corrected chi connectivity index (χ4v) is 0.839. The molecule has 0 aromatic rings. The average Bonchev–Trinajstić information content (AvgIpc) is 2.10. The van der Waals surface area contributed by atoms with Gasteiger partial charge < -0.3 is 31.2 Å². The van der Waals surface area contributed by atoms with Crippen molar-refractivity contribution in [1.29, 1.82) is 0 Å². The van der Waals surface area contributed by atoms with Crippen LogP contribution in [0.15, 0.2) is 0 Å². The first-order valence-corrected chi connectivity index (χ1v) is 4.62. The van der Waals surface area contributed by atoms with E-state index >= 15 is 0 Å². The summed E-state index contributed by atoms with van der Waals surface area (Å²) in [6.07, 6.45) is -1.32. The molecule has 6 heteroatoms. The fourth-order valence-electron chi connectivity index (χ4n) is 0.839. The van der Waals surface area contributed by atoms with Gasteiger partial charge in [-0.2, -0.15) is 0 Å². The molecule has 0 aliphatic carbocycles. The molecule has 0 rings (SSSR count). The maximum absolute atomic E-state index is 8.76. The molecular weight excluding hydrogens is 188 g/mol. The second-order valence-electron chi connectivity index (χ2n) is 3.04. The number of ether oxygens (including phenoxy) is 2. The topological polar surface area (TPSA) is 111 Å². The van der Waals surface area contributed by atoms with Crippen LogP contribution in [0.1, 0.15) is 13.3 Å². The third-order valence-corrected chi connectivity index (χ3v) is 1.55. The highest BCUT2D eigenvalue weighted by atomic mass is 16.5. The minimum atomic E-state index is -0.968. The van der Waals surface area contributed by atoms with Crippen LogP contribution in [-0.2, 0) is 9.47 Å². The molecule has 0 spiro atoms. The van der Waals surface area contributed by atoms with Crippen molar-refractivity contribution in [1.82, 2.24) is 0 Å². The van der Waals surface area contributed by atoms with Gasteiger partial charge in [0.2, 0.25) is 0 Å².